The molecule has 35 heavy (non-hydrogen) atoms. The molecule has 9 heteroatoms. The minimum absolute atomic E-state index is 0.0109. The van der Waals surface area contributed by atoms with E-state index in [1.807, 2.05) is 24.3 Å². The molecule has 0 heterocycles. The molecule has 2 atom stereocenters. The Balaban J connectivity index is 1.60. The Morgan fingerprint density at radius 1 is 0.857 bits per heavy atom. The molecule has 0 amide bonds. The lowest BCUT2D eigenvalue weighted by Gasteiger charge is -2.24. The van der Waals surface area contributed by atoms with Crippen molar-refractivity contribution < 1.29 is 31.9 Å². The number of para-hydroxylation sites is 1. The highest BCUT2D eigenvalue weighted by atomic mass is 31.2. The molecule has 4 aromatic carbocycles. The Bertz CT molecular complexity index is 1360. The summed E-state index contributed by atoms with van der Waals surface area (Å²) in [4.78, 5) is 12.6. The molecule has 180 valence electrons. The van der Waals surface area contributed by atoms with Gasteiger partial charge in [0.25, 0.3) is 0 Å². The zero-order valence-corrected chi connectivity index (χ0v) is 19.6. The maximum absolute atomic E-state index is 14.3. The van der Waals surface area contributed by atoms with E-state index in [0.29, 0.717) is 5.39 Å². The molecular formula is C26H22F2NO5P. The van der Waals surface area contributed by atoms with Crippen LogP contribution < -0.4 is 14.1 Å². The van der Waals surface area contributed by atoms with Crippen molar-refractivity contribution in [3.05, 3.63) is 108 Å². The predicted octanol–water partition coefficient (Wildman–Crippen LogP) is 6.41. The maximum Gasteiger partial charge on any atom is 0.513 e. The van der Waals surface area contributed by atoms with Gasteiger partial charge in [0.15, 0.2) is 11.6 Å². The third kappa shape index (κ3) is 6.04. The highest BCUT2D eigenvalue weighted by molar-refractivity contribution is 7.52. The minimum atomic E-state index is -4.56. The third-order valence-corrected chi connectivity index (χ3v) is 6.59. The number of halogens is 2. The largest absolute Gasteiger partial charge is 0.513 e. The van der Waals surface area contributed by atoms with Gasteiger partial charge in [-0.25, -0.2) is 13.3 Å². The Morgan fingerprint density at radius 2 is 1.49 bits per heavy atom. The van der Waals surface area contributed by atoms with Crippen molar-refractivity contribution in [3.63, 3.8) is 0 Å². The standard InChI is InChI=1S/C26H22F2NO5P/c1-18(26(30)32-17-19-9-3-2-4-10-19)29-35(31,34-25-22(27)14-8-15-23(25)28)33-24-16-7-12-20-11-5-6-13-21(20)24/h2-16,18H,17H2,1H3,(H,29,31)/t18-,35?/m0/s1. The topological polar surface area (TPSA) is 73.9 Å². The van der Waals surface area contributed by atoms with Crippen molar-refractivity contribution in [1.29, 1.82) is 0 Å². The van der Waals surface area contributed by atoms with Crippen LogP contribution in [-0.4, -0.2) is 12.0 Å². The molecule has 0 radical (unpaired) electrons. The Kier molecular flexibility index (Phi) is 7.44. The van der Waals surface area contributed by atoms with Crippen molar-refractivity contribution >= 4 is 24.5 Å². The molecule has 0 aromatic heterocycles. The van der Waals surface area contributed by atoms with E-state index in [0.717, 1.165) is 29.1 Å². The van der Waals surface area contributed by atoms with Crippen LogP contribution in [0.5, 0.6) is 11.5 Å². The molecular weight excluding hydrogens is 475 g/mol. The van der Waals surface area contributed by atoms with E-state index in [9.17, 15) is 18.1 Å². The van der Waals surface area contributed by atoms with Gasteiger partial charge in [0, 0.05) is 5.39 Å². The molecule has 1 N–H and O–H groups in total. The first-order chi connectivity index (χ1) is 16.8. The number of hydrogen-bond donors (Lipinski definition) is 1. The van der Waals surface area contributed by atoms with E-state index in [-0.39, 0.29) is 12.4 Å². The van der Waals surface area contributed by atoms with E-state index in [1.165, 1.54) is 13.0 Å². The molecule has 6 nitrogen and oxygen atoms in total. The van der Waals surface area contributed by atoms with E-state index < -0.39 is 37.1 Å². The molecule has 0 bridgehead atoms. The smallest absolute Gasteiger partial charge is 0.460 e. The second-order valence-corrected chi connectivity index (χ2v) is 9.27. The van der Waals surface area contributed by atoms with Crippen LogP contribution in [0.15, 0.2) is 91.0 Å². The van der Waals surface area contributed by atoms with Gasteiger partial charge in [0.05, 0.1) is 0 Å². The van der Waals surface area contributed by atoms with Crippen LogP contribution in [0.1, 0.15) is 12.5 Å². The lowest BCUT2D eigenvalue weighted by atomic mass is 10.1. The fourth-order valence-electron chi connectivity index (χ4n) is 3.31. The summed E-state index contributed by atoms with van der Waals surface area (Å²) >= 11 is 0. The summed E-state index contributed by atoms with van der Waals surface area (Å²) < 4.78 is 58.7. The predicted molar refractivity (Wildman–Crippen MR) is 128 cm³/mol. The van der Waals surface area contributed by atoms with Crippen LogP contribution in [0.2, 0.25) is 0 Å². The van der Waals surface area contributed by atoms with Crippen molar-refractivity contribution in [1.82, 2.24) is 5.09 Å². The van der Waals surface area contributed by atoms with Gasteiger partial charge in [-0.2, -0.15) is 5.09 Å². The van der Waals surface area contributed by atoms with Crippen LogP contribution in [-0.2, 0) is 20.7 Å². The average Bonchev–Trinajstić information content (AvgIpc) is 2.86. The number of hydrogen-bond acceptors (Lipinski definition) is 5. The molecule has 1 unspecified atom stereocenters. The quantitative estimate of drug-likeness (QED) is 0.213. The number of esters is 1. The van der Waals surface area contributed by atoms with E-state index in [4.69, 9.17) is 13.8 Å². The van der Waals surface area contributed by atoms with Crippen LogP contribution in [0.3, 0.4) is 0 Å². The van der Waals surface area contributed by atoms with Gasteiger partial charge >= 0.3 is 13.7 Å². The highest BCUT2D eigenvalue weighted by Gasteiger charge is 2.36. The summed E-state index contributed by atoms with van der Waals surface area (Å²) in [5.74, 6) is -3.66. The van der Waals surface area contributed by atoms with Gasteiger partial charge in [0.2, 0.25) is 5.75 Å². The summed E-state index contributed by atoms with van der Waals surface area (Å²) in [7, 11) is -4.56. The van der Waals surface area contributed by atoms with Gasteiger partial charge in [-0.05, 0) is 36.1 Å². The van der Waals surface area contributed by atoms with Gasteiger partial charge in [0.1, 0.15) is 18.4 Å². The van der Waals surface area contributed by atoms with Gasteiger partial charge in [-0.1, -0.05) is 72.8 Å². The highest BCUT2D eigenvalue weighted by Crippen LogP contribution is 2.48. The summed E-state index contributed by atoms with van der Waals surface area (Å²) in [6, 6.07) is 23.0. The molecule has 4 rings (SSSR count). The zero-order chi connectivity index (χ0) is 24.8. The monoisotopic (exact) mass is 497 g/mol. The third-order valence-electron chi connectivity index (χ3n) is 5.03. The van der Waals surface area contributed by atoms with E-state index >= 15 is 0 Å². The summed E-state index contributed by atoms with van der Waals surface area (Å²) in [5, 5.41) is 3.82. The van der Waals surface area contributed by atoms with Gasteiger partial charge < -0.3 is 13.8 Å². The lowest BCUT2D eigenvalue weighted by Crippen LogP contribution is -2.35. The second kappa shape index (κ2) is 10.7. The maximum atomic E-state index is 14.3. The first kappa shape index (κ1) is 24.4. The number of carbonyl (C=O) groups excluding carboxylic acids is 1. The van der Waals surface area contributed by atoms with Gasteiger partial charge in [-0.15, -0.1) is 0 Å². The average molecular weight is 497 g/mol. The zero-order valence-electron chi connectivity index (χ0n) is 18.7. The van der Waals surface area contributed by atoms with E-state index in [2.05, 4.69) is 5.09 Å². The number of rotatable bonds is 9. The lowest BCUT2D eigenvalue weighted by molar-refractivity contribution is -0.146. The molecule has 4 aromatic rings. The number of ether oxygens (including phenoxy) is 1. The second-order valence-electron chi connectivity index (χ2n) is 7.65. The summed E-state index contributed by atoms with van der Waals surface area (Å²) in [6.45, 7) is 1.37. The Labute approximate surface area is 201 Å². The first-order valence-corrected chi connectivity index (χ1v) is 12.3. The first-order valence-electron chi connectivity index (χ1n) is 10.7. The summed E-state index contributed by atoms with van der Waals surface area (Å²) in [6.07, 6.45) is 0. The van der Waals surface area contributed by atoms with Crippen molar-refractivity contribution in [2.75, 3.05) is 0 Å². The molecule has 0 aliphatic carbocycles. The SMILES string of the molecule is C[C@H](NP(=O)(Oc1c(F)cccc1F)Oc1cccc2ccccc12)C(=O)OCc1ccccc1. The minimum Gasteiger partial charge on any atom is -0.460 e. The molecule has 0 saturated heterocycles. The Hall–Kier alpha value is -3.74. The number of benzene rings is 4. The Morgan fingerprint density at radius 3 is 2.23 bits per heavy atom. The van der Waals surface area contributed by atoms with E-state index in [1.54, 1.807) is 42.5 Å². The fourth-order valence-corrected chi connectivity index (χ4v) is 4.86. The van der Waals surface area contributed by atoms with Crippen LogP contribution in [0.4, 0.5) is 8.78 Å². The molecule has 0 saturated carbocycles. The molecule has 0 aliphatic rings. The molecule has 0 aliphatic heterocycles. The van der Waals surface area contributed by atoms with Crippen LogP contribution in [0, 0.1) is 11.6 Å². The number of nitrogens with one attached hydrogen (secondary N) is 1. The van der Waals surface area contributed by atoms with Crippen molar-refractivity contribution in [3.8, 4) is 11.5 Å². The van der Waals surface area contributed by atoms with Crippen LogP contribution >= 0.6 is 7.75 Å². The fraction of sp³-hybridized carbons (Fsp3) is 0.115. The molecule has 0 spiro atoms. The van der Waals surface area contributed by atoms with Gasteiger partial charge in [-0.3, -0.25) is 4.79 Å². The number of carbonyl (C=O) groups is 1. The molecule has 0 fully saturated rings. The number of fused-ring (bicyclic) bond motifs is 1. The van der Waals surface area contributed by atoms with Crippen molar-refractivity contribution in [2.24, 2.45) is 0 Å². The summed E-state index contributed by atoms with van der Waals surface area (Å²) in [5.41, 5.74) is 0.757. The van der Waals surface area contributed by atoms with Crippen molar-refractivity contribution in [2.45, 2.75) is 19.6 Å². The van der Waals surface area contributed by atoms with Crippen LogP contribution in [0.25, 0.3) is 10.8 Å². The normalized spacial score (nSPS) is 13.6.